The molecule has 0 unspecified atom stereocenters. The van der Waals surface area contributed by atoms with Crippen LogP contribution in [-0.4, -0.2) is 24.6 Å². The van der Waals surface area contributed by atoms with Crippen molar-refractivity contribution in [1.29, 1.82) is 0 Å². The van der Waals surface area contributed by atoms with E-state index in [2.05, 4.69) is 26.2 Å². The van der Waals surface area contributed by atoms with Gasteiger partial charge in [0.15, 0.2) is 9.84 Å². The van der Waals surface area contributed by atoms with Crippen molar-refractivity contribution in [3.63, 3.8) is 0 Å². The number of sulfone groups is 1. The summed E-state index contributed by atoms with van der Waals surface area (Å²) in [6.45, 7) is 0. The number of hydrogen-bond donors (Lipinski definition) is 1. The molecule has 0 spiro atoms. The van der Waals surface area contributed by atoms with Gasteiger partial charge in [-0.05, 0) is 40.2 Å². The molecule has 1 aromatic carbocycles. The Balaban J connectivity index is 2.43. The Morgan fingerprint density at radius 2 is 2.00 bits per heavy atom. The number of nitrogens with zero attached hydrogens (tertiary/aromatic N) is 2. The van der Waals surface area contributed by atoms with Crippen LogP contribution in [0.2, 0.25) is 0 Å². The van der Waals surface area contributed by atoms with Crippen LogP contribution in [0.25, 0.3) is 0 Å². The minimum Gasteiger partial charge on any atom is -0.334 e. The normalized spacial score (nSPS) is 11.1. The molecule has 9 heteroatoms. The number of pyridine rings is 1. The van der Waals surface area contributed by atoms with E-state index in [1.54, 1.807) is 12.1 Å². The van der Waals surface area contributed by atoms with Gasteiger partial charge in [-0.1, -0.05) is 6.07 Å². The molecule has 1 N–H and O–H groups in total. The predicted octanol–water partition coefficient (Wildman–Crippen LogP) is 2.90. The Morgan fingerprint density at radius 3 is 2.62 bits per heavy atom. The van der Waals surface area contributed by atoms with E-state index in [1.807, 2.05) is 0 Å². The zero-order valence-corrected chi connectivity index (χ0v) is 13.2. The maximum atomic E-state index is 11.5. The second-order valence-electron chi connectivity index (χ2n) is 4.18. The van der Waals surface area contributed by atoms with E-state index >= 15 is 0 Å². The fraction of sp³-hybridized carbons (Fsp3) is 0.0833. The maximum absolute atomic E-state index is 11.5. The third-order valence-electron chi connectivity index (χ3n) is 2.56. The fourth-order valence-corrected chi connectivity index (χ4v) is 2.58. The molecule has 21 heavy (non-hydrogen) atoms. The lowest BCUT2D eigenvalue weighted by atomic mass is 10.3. The number of rotatable bonds is 4. The smallest absolute Gasteiger partial charge is 0.311 e. The largest absolute Gasteiger partial charge is 0.334 e. The first-order valence-electron chi connectivity index (χ1n) is 5.65. The van der Waals surface area contributed by atoms with Crippen molar-refractivity contribution < 1.29 is 13.3 Å². The topological polar surface area (TPSA) is 102 Å². The maximum Gasteiger partial charge on any atom is 0.311 e. The monoisotopic (exact) mass is 371 g/mol. The van der Waals surface area contributed by atoms with Gasteiger partial charge in [0.1, 0.15) is 4.60 Å². The summed E-state index contributed by atoms with van der Waals surface area (Å²) >= 11 is 3.14. The Hall–Kier alpha value is -2.00. The van der Waals surface area contributed by atoms with E-state index in [4.69, 9.17) is 0 Å². The zero-order valence-electron chi connectivity index (χ0n) is 10.8. The number of anilines is 2. The third kappa shape index (κ3) is 3.76. The van der Waals surface area contributed by atoms with E-state index in [0.29, 0.717) is 10.3 Å². The summed E-state index contributed by atoms with van der Waals surface area (Å²) in [5.41, 5.74) is 0.189. The van der Waals surface area contributed by atoms with Crippen LogP contribution in [0.15, 0.2) is 45.9 Å². The Morgan fingerprint density at radius 1 is 1.29 bits per heavy atom. The van der Waals surface area contributed by atoms with Gasteiger partial charge in [0.2, 0.25) is 5.82 Å². The first-order chi connectivity index (χ1) is 9.77. The van der Waals surface area contributed by atoms with Gasteiger partial charge in [0.25, 0.3) is 0 Å². The number of benzene rings is 1. The first-order valence-corrected chi connectivity index (χ1v) is 8.34. The predicted molar refractivity (Wildman–Crippen MR) is 81.4 cm³/mol. The molecule has 0 fully saturated rings. The van der Waals surface area contributed by atoms with Crippen LogP contribution in [0.3, 0.4) is 0 Å². The van der Waals surface area contributed by atoms with Gasteiger partial charge in [-0.25, -0.2) is 13.4 Å². The minimum atomic E-state index is -3.36. The molecule has 0 aliphatic carbocycles. The van der Waals surface area contributed by atoms with Gasteiger partial charge in [0.05, 0.1) is 9.82 Å². The van der Waals surface area contributed by atoms with E-state index < -0.39 is 14.8 Å². The quantitative estimate of drug-likeness (QED) is 0.503. The Kier molecular flexibility index (Phi) is 4.24. The SMILES string of the molecule is CS(=O)(=O)c1cccc(Nc2nc(Br)ccc2[N+](=O)[O-])c1. The highest BCUT2D eigenvalue weighted by Gasteiger charge is 2.16. The van der Waals surface area contributed by atoms with Crippen molar-refractivity contribution >= 4 is 43.0 Å². The van der Waals surface area contributed by atoms with Crippen LogP contribution in [0.5, 0.6) is 0 Å². The molecule has 1 heterocycles. The first kappa shape index (κ1) is 15.4. The van der Waals surface area contributed by atoms with Crippen LogP contribution in [0.4, 0.5) is 17.2 Å². The molecule has 0 amide bonds. The summed E-state index contributed by atoms with van der Waals surface area (Å²) in [4.78, 5) is 14.5. The summed E-state index contributed by atoms with van der Waals surface area (Å²) in [6, 6.07) is 8.74. The molecule has 0 bridgehead atoms. The second-order valence-corrected chi connectivity index (χ2v) is 7.01. The zero-order chi connectivity index (χ0) is 15.6. The number of aromatic nitrogens is 1. The van der Waals surface area contributed by atoms with Crippen molar-refractivity contribution in [3.8, 4) is 0 Å². The summed E-state index contributed by atoms with van der Waals surface area (Å²) in [5, 5.41) is 13.7. The van der Waals surface area contributed by atoms with Gasteiger partial charge < -0.3 is 5.32 Å². The van der Waals surface area contributed by atoms with Crippen molar-refractivity contribution in [2.45, 2.75) is 4.90 Å². The summed E-state index contributed by atoms with van der Waals surface area (Å²) in [7, 11) is -3.36. The van der Waals surface area contributed by atoms with Crippen molar-refractivity contribution in [1.82, 2.24) is 4.98 Å². The molecule has 2 aromatic rings. The van der Waals surface area contributed by atoms with Gasteiger partial charge in [0, 0.05) is 18.0 Å². The number of nitro groups is 1. The summed E-state index contributed by atoms with van der Waals surface area (Å²) in [5.74, 6) is 0.0278. The van der Waals surface area contributed by atoms with Crippen molar-refractivity contribution in [2.24, 2.45) is 0 Å². The summed E-state index contributed by atoms with van der Waals surface area (Å²) < 4.78 is 23.4. The molecule has 0 aliphatic rings. The molecule has 0 radical (unpaired) electrons. The molecular weight excluding hydrogens is 362 g/mol. The lowest BCUT2D eigenvalue weighted by Gasteiger charge is -2.08. The highest BCUT2D eigenvalue weighted by molar-refractivity contribution is 9.10. The molecule has 0 atom stereocenters. The highest BCUT2D eigenvalue weighted by atomic mass is 79.9. The molecule has 0 saturated carbocycles. The molecule has 2 rings (SSSR count). The Labute approximate surface area is 129 Å². The molecule has 110 valence electrons. The highest BCUT2D eigenvalue weighted by Crippen LogP contribution is 2.28. The van der Waals surface area contributed by atoms with Gasteiger partial charge in [-0.2, -0.15) is 0 Å². The molecule has 0 saturated heterocycles. The lowest BCUT2D eigenvalue weighted by molar-refractivity contribution is -0.384. The number of hydrogen-bond acceptors (Lipinski definition) is 6. The van der Waals surface area contributed by atoms with Gasteiger partial charge in [-0.15, -0.1) is 0 Å². The Bertz CT molecular complexity index is 808. The molecule has 7 nitrogen and oxygen atoms in total. The van der Waals surface area contributed by atoms with Crippen LogP contribution < -0.4 is 5.32 Å². The fourth-order valence-electron chi connectivity index (χ4n) is 1.61. The van der Waals surface area contributed by atoms with E-state index in [1.165, 1.54) is 24.3 Å². The second kappa shape index (κ2) is 5.78. The van der Waals surface area contributed by atoms with E-state index in [0.717, 1.165) is 6.26 Å². The third-order valence-corrected chi connectivity index (χ3v) is 4.11. The average molecular weight is 372 g/mol. The van der Waals surface area contributed by atoms with Crippen LogP contribution in [0, 0.1) is 10.1 Å². The number of nitrogens with one attached hydrogen (secondary N) is 1. The van der Waals surface area contributed by atoms with Crippen LogP contribution in [0.1, 0.15) is 0 Å². The van der Waals surface area contributed by atoms with Gasteiger partial charge in [-0.3, -0.25) is 10.1 Å². The standard InChI is InChI=1S/C12H10BrN3O4S/c1-21(19,20)9-4-2-3-8(7-9)14-12-10(16(17)18)5-6-11(13)15-12/h2-7H,1H3,(H,14,15). The van der Waals surface area contributed by atoms with Crippen molar-refractivity contribution in [3.05, 3.63) is 51.1 Å². The van der Waals surface area contributed by atoms with Gasteiger partial charge >= 0.3 is 5.69 Å². The summed E-state index contributed by atoms with van der Waals surface area (Å²) in [6.07, 6.45) is 1.09. The molecule has 0 aliphatic heterocycles. The molecule has 1 aromatic heterocycles. The lowest BCUT2D eigenvalue weighted by Crippen LogP contribution is -2.02. The van der Waals surface area contributed by atoms with E-state index in [9.17, 15) is 18.5 Å². The van der Waals surface area contributed by atoms with E-state index in [-0.39, 0.29) is 16.4 Å². The minimum absolute atomic E-state index is 0.0278. The van der Waals surface area contributed by atoms with Crippen LogP contribution in [-0.2, 0) is 9.84 Å². The number of halogens is 1. The molecular formula is C12H10BrN3O4S. The average Bonchev–Trinajstić information content (AvgIpc) is 2.37. The van der Waals surface area contributed by atoms with Crippen LogP contribution >= 0.6 is 15.9 Å². The van der Waals surface area contributed by atoms with Crippen molar-refractivity contribution in [2.75, 3.05) is 11.6 Å².